The lowest BCUT2D eigenvalue weighted by Crippen LogP contribution is -2.39. The van der Waals surface area contributed by atoms with Crippen molar-refractivity contribution in [1.82, 2.24) is 5.32 Å². The molecule has 1 aliphatic heterocycles. The van der Waals surface area contributed by atoms with E-state index in [0.29, 0.717) is 5.78 Å². The maximum atomic E-state index is 13.3. The van der Waals surface area contributed by atoms with Crippen LogP contribution in [0.25, 0.3) is 10.8 Å². The average Bonchev–Trinajstić information content (AvgIpc) is 2.68. The first-order valence-electron chi connectivity index (χ1n) is 9.19. The van der Waals surface area contributed by atoms with Crippen molar-refractivity contribution in [3.63, 3.8) is 0 Å². The minimum absolute atomic E-state index is 0.0371. The number of hydrogen-bond donors (Lipinski definition) is 1. The van der Waals surface area contributed by atoms with Gasteiger partial charge in [-0.3, -0.25) is 4.79 Å². The highest BCUT2D eigenvalue weighted by Gasteiger charge is 2.36. The number of carbonyl (C=O) groups is 1. The zero-order chi connectivity index (χ0) is 16.8. The van der Waals surface area contributed by atoms with E-state index in [0.717, 1.165) is 31.4 Å². The van der Waals surface area contributed by atoms with Gasteiger partial charge in [0.05, 0.1) is 0 Å². The summed E-state index contributed by atoms with van der Waals surface area (Å²) in [5.74, 6) is 0.344. The van der Waals surface area contributed by atoms with Crippen LogP contribution in [0.5, 0.6) is 0 Å². The zero-order valence-electron chi connectivity index (χ0n) is 14.2. The minimum atomic E-state index is 0.0371. The predicted octanol–water partition coefficient (Wildman–Crippen LogP) is 4.47. The van der Waals surface area contributed by atoms with Gasteiger partial charge in [-0.1, -0.05) is 60.7 Å². The van der Waals surface area contributed by atoms with Gasteiger partial charge in [-0.05, 0) is 53.3 Å². The molecule has 0 fully saturated rings. The Morgan fingerprint density at radius 2 is 1.72 bits per heavy atom. The van der Waals surface area contributed by atoms with Crippen molar-refractivity contribution in [3.05, 3.63) is 82.9 Å². The molecule has 2 aliphatic rings. The van der Waals surface area contributed by atoms with E-state index >= 15 is 0 Å². The second kappa shape index (κ2) is 5.82. The first-order valence-corrected chi connectivity index (χ1v) is 9.19. The molecule has 1 aliphatic carbocycles. The average molecular weight is 327 g/mol. The van der Waals surface area contributed by atoms with Gasteiger partial charge in [0.2, 0.25) is 0 Å². The molecule has 1 heterocycles. The Labute approximate surface area is 147 Å². The van der Waals surface area contributed by atoms with E-state index in [9.17, 15) is 4.79 Å². The van der Waals surface area contributed by atoms with Gasteiger partial charge in [-0.15, -0.1) is 0 Å². The fraction of sp³-hybridized carbons (Fsp3) is 0.261. The smallest absolute Gasteiger partial charge is 0.168 e. The third kappa shape index (κ3) is 2.32. The SMILES string of the molecule is O=C1c2ccc3ccccc3c2CC[C@@H]1[C@H]1NCCc2ccccc21. The largest absolute Gasteiger partial charge is 0.309 e. The lowest BCUT2D eigenvalue weighted by Gasteiger charge is -2.35. The molecule has 0 radical (unpaired) electrons. The Morgan fingerprint density at radius 3 is 2.68 bits per heavy atom. The minimum Gasteiger partial charge on any atom is -0.309 e. The molecular weight excluding hydrogens is 306 g/mol. The van der Waals surface area contributed by atoms with Gasteiger partial charge >= 0.3 is 0 Å². The van der Waals surface area contributed by atoms with Crippen molar-refractivity contribution in [1.29, 1.82) is 0 Å². The van der Waals surface area contributed by atoms with Crippen LogP contribution in [0.4, 0.5) is 0 Å². The van der Waals surface area contributed by atoms with E-state index in [4.69, 9.17) is 0 Å². The van der Waals surface area contributed by atoms with Gasteiger partial charge in [-0.2, -0.15) is 0 Å². The summed E-state index contributed by atoms with van der Waals surface area (Å²) >= 11 is 0. The second-order valence-electron chi connectivity index (χ2n) is 7.20. The van der Waals surface area contributed by atoms with E-state index in [1.807, 2.05) is 6.07 Å². The third-order valence-corrected chi connectivity index (χ3v) is 5.90. The molecule has 0 spiro atoms. The summed E-state index contributed by atoms with van der Waals surface area (Å²) in [6.07, 6.45) is 2.95. The van der Waals surface area contributed by atoms with E-state index in [-0.39, 0.29) is 12.0 Å². The van der Waals surface area contributed by atoms with Gasteiger partial charge < -0.3 is 5.32 Å². The van der Waals surface area contributed by atoms with Crippen LogP contribution in [0.2, 0.25) is 0 Å². The molecule has 0 saturated heterocycles. The number of hydrogen-bond acceptors (Lipinski definition) is 2. The molecule has 0 aromatic heterocycles. The fourth-order valence-corrected chi connectivity index (χ4v) is 4.68. The maximum absolute atomic E-state index is 13.3. The Morgan fingerprint density at radius 1 is 0.880 bits per heavy atom. The molecule has 2 atom stereocenters. The van der Waals surface area contributed by atoms with Gasteiger partial charge in [0, 0.05) is 17.5 Å². The normalized spacial score (nSPS) is 22.5. The Balaban J connectivity index is 1.57. The van der Waals surface area contributed by atoms with Gasteiger partial charge in [0.25, 0.3) is 0 Å². The maximum Gasteiger partial charge on any atom is 0.168 e. The summed E-state index contributed by atoms with van der Waals surface area (Å²) < 4.78 is 0. The third-order valence-electron chi connectivity index (χ3n) is 5.90. The van der Waals surface area contributed by atoms with Crippen LogP contribution >= 0.6 is 0 Å². The highest BCUT2D eigenvalue weighted by Crippen LogP contribution is 2.39. The molecule has 0 saturated carbocycles. The number of nitrogens with one attached hydrogen (secondary N) is 1. The number of carbonyl (C=O) groups excluding carboxylic acids is 1. The van der Waals surface area contributed by atoms with E-state index in [2.05, 4.69) is 59.9 Å². The van der Waals surface area contributed by atoms with Gasteiger partial charge in [0.15, 0.2) is 5.78 Å². The number of Topliss-reactive ketones (excluding diaryl/α,β-unsaturated/α-hetero) is 1. The lowest BCUT2D eigenvalue weighted by molar-refractivity contribution is 0.0864. The number of rotatable bonds is 1. The highest BCUT2D eigenvalue weighted by atomic mass is 16.1. The standard InChI is InChI=1S/C23H21NO/c25-23-20-10-9-15-5-1-3-7-17(15)19(20)11-12-21(23)22-18-8-4-2-6-16(18)13-14-24-22/h1-10,21-22,24H,11-14H2/t21-,22+/m1/s1. The molecule has 0 unspecified atom stereocenters. The number of benzene rings is 3. The van der Waals surface area contributed by atoms with Crippen LogP contribution in [0.1, 0.15) is 39.5 Å². The molecule has 2 heteroatoms. The first-order chi connectivity index (χ1) is 12.3. The van der Waals surface area contributed by atoms with Gasteiger partial charge in [-0.25, -0.2) is 0 Å². The van der Waals surface area contributed by atoms with Crippen molar-refractivity contribution in [2.45, 2.75) is 25.3 Å². The molecular formula is C23H21NO. The number of fused-ring (bicyclic) bond motifs is 4. The van der Waals surface area contributed by atoms with Crippen molar-refractivity contribution in [2.24, 2.45) is 5.92 Å². The Bertz CT molecular complexity index is 975. The van der Waals surface area contributed by atoms with Crippen molar-refractivity contribution in [3.8, 4) is 0 Å². The zero-order valence-corrected chi connectivity index (χ0v) is 14.2. The summed E-state index contributed by atoms with van der Waals surface area (Å²) in [6.45, 7) is 0.954. The fourth-order valence-electron chi connectivity index (χ4n) is 4.68. The van der Waals surface area contributed by atoms with Crippen molar-refractivity contribution >= 4 is 16.6 Å². The first kappa shape index (κ1) is 14.9. The van der Waals surface area contributed by atoms with Crippen LogP contribution < -0.4 is 5.32 Å². The molecule has 0 bridgehead atoms. The van der Waals surface area contributed by atoms with E-state index < -0.39 is 0 Å². The summed E-state index contributed by atoms with van der Waals surface area (Å²) in [4.78, 5) is 13.3. The van der Waals surface area contributed by atoms with Crippen LogP contribution in [0.15, 0.2) is 60.7 Å². The number of aryl methyl sites for hydroxylation is 1. The monoisotopic (exact) mass is 327 g/mol. The van der Waals surface area contributed by atoms with Gasteiger partial charge in [0.1, 0.15) is 0 Å². The Kier molecular flexibility index (Phi) is 3.46. The second-order valence-corrected chi connectivity index (χ2v) is 7.20. The Hall–Kier alpha value is -2.45. The lowest BCUT2D eigenvalue weighted by atomic mass is 9.74. The molecule has 0 amide bonds. The van der Waals surface area contributed by atoms with Crippen molar-refractivity contribution < 1.29 is 4.79 Å². The summed E-state index contributed by atoms with van der Waals surface area (Å²) in [5, 5.41) is 6.09. The van der Waals surface area contributed by atoms with Crippen LogP contribution in [0.3, 0.4) is 0 Å². The van der Waals surface area contributed by atoms with Crippen LogP contribution in [0, 0.1) is 5.92 Å². The molecule has 1 N–H and O–H groups in total. The molecule has 124 valence electrons. The number of ketones is 1. The molecule has 5 rings (SSSR count). The molecule has 25 heavy (non-hydrogen) atoms. The summed E-state index contributed by atoms with van der Waals surface area (Å²) in [7, 11) is 0. The molecule has 2 nitrogen and oxygen atoms in total. The van der Waals surface area contributed by atoms with Crippen LogP contribution in [-0.4, -0.2) is 12.3 Å². The van der Waals surface area contributed by atoms with E-state index in [1.54, 1.807) is 0 Å². The van der Waals surface area contributed by atoms with Crippen LogP contribution in [-0.2, 0) is 12.8 Å². The van der Waals surface area contributed by atoms with Crippen molar-refractivity contribution in [2.75, 3.05) is 6.54 Å². The molecule has 3 aromatic carbocycles. The quantitative estimate of drug-likeness (QED) is 0.714. The summed E-state index contributed by atoms with van der Waals surface area (Å²) in [5.41, 5.74) is 4.88. The van der Waals surface area contributed by atoms with E-state index in [1.165, 1.54) is 27.5 Å². The topological polar surface area (TPSA) is 29.1 Å². The predicted molar refractivity (Wildman–Crippen MR) is 101 cm³/mol. The highest BCUT2D eigenvalue weighted by molar-refractivity contribution is 6.05. The summed E-state index contributed by atoms with van der Waals surface area (Å²) in [6, 6.07) is 21.3. The molecule has 3 aromatic rings.